The summed E-state index contributed by atoms with van der Waals surface area (Å²) in [4.78, 5) is 15.7. The Kier molecular flexibility index (Phi) is 5.15. The summed E-state index contributed by atoms with van der Waals surface area (Å²) >= 11 is 1.48. The minimum Gasteiger partial charge on any atom is -0.409 e. The van der Waals surface area contributed by atoms with E-state index in [1.165, 1.54) is 11.3 Å². The number of carbonyl (C=O) groups excluding carboxylic acids is 1. The van der Waals surface area contributed by atoms with Crippen molar-refractivity contribution in [2.75, 3.05) is 13.1 Å². The topological polar surface area (TPSA) is 78.9 Å². The SMILES string of the molecule is CCCN(CC(N)=NO)C(=O)c1cc(C)c(C)s1. The van der Waals surface area contributed by atoms with Crippen LogP contribution in [0, 0.1) is 13.8 Å². The Bertz CT molecular complexity index is 435. The molecule has 1 amide bonds. The molecule has 1 aromatic rings. The first-order chi connectivity index (χ1) is 8.49. The van der Waals surface area contributed by atoms with Crippen molar-refractivity contribution in [1.82, 2.24) is 4.90 Å². The van der Waals surface area contributed by atoms with E-state index in [2.05, 4.69) is 5.16 Å². The molecule has 6 heteroatoms. The van der Waals surface area contributed by atoms with Crippen LogP contribution in [-0.2, 0) is 0 Å². The molecule has 0 radical (unpaired) electrons. The van der Waals surface area contributed by atoms with Gasteiger partial charge in [0.25, 0.3) is 5.91 Å². The van der Waals surface area contributed by atoms with Gasteiger partial charge in [-0.2, -0.15) is 0 Å². The first kappa shape index (κ1) is 14.5. The van der Waals surface area contributed by atoms with Crippen molar-refractivity contribution in [2.24, 2.45) is 10.9 Å². The van der Waals surface area contributed by atoms with Crippen molar-refractivity contribution in [2.45, 2.75) is 27.2 Å². The van der Waals surface area contributed by atoms with Crippen LogP contribution in [0.25, 0.3) is 0 Å². The standard InChI is InChI=1S/C12H19N3O2S/c1-4-5-15(7-11(13)14-17)12(16)10-6-8(2)9(3)18-10/h6,17H,4-5,7H2,1-3H3,(H2,13,14). The lowest BCUT2D eigenvalue weighted by Gasteiger charge is -2.20. The highest BCUT2D eigenvalue weighted by Crippen LogP contribution is 2.22. The molecule has 0 saturated heterocycles. The predicted molar refractivity (Wildman–Crippen MR) is 73.4 cm³/mol. The average molecular weight is 269 g/mol. The number of nitrogens with zero attached hydrogens (tertiary/aromatic N) is 2. The molecule has 18 heavy (non-hydrogen) atoms. The molecule has 0 saturated carbocycles. The number of hydrogen-bond acceptors (Lipinski definition) is 4. The van der Waals surface area contributed by atoms with Gasteiger partial charge in [0.1, 0.15) is 0 Å². The van der Waals surface area contributed by atoms with Crippen molar-refractivity contribution < 1.29 is 10.0 Å². The Morgan fingerprint density at radius 3 is 2.67 bits per heavy atom. The molecule has 100 valence electrons. The maximum absolute atomic E-state index is 12.3. The van der Waals surface area contributed by atoms with Crippen LogP contribution in [0.5, 0.6) is 0 Å². The van der Waals surface area contributed by atoms with Gasteiger partial charge in [-0.05, 0) is 31.9 Å². The molecule has 0 fully saturated rings. The lowest BCUT2D eigenvalue weighted by atomic mass is 10.2. The molecule has 0 atom stereocenters. The smallest absolute Gasteiger partial charge is 0.264 e. The number of amidine groups is 1. The van der Waals surface area contributed by atoms with Gasteiger partial charge in [-0.15, -0.1) is 11.3 Å². The number of amides is 1. The Hall–Kier alpha value is -1.56. The summed E-state index contributed by atoms with van der Waals surface area (Å²) in [7, 11) is 0. The van der Waals surface area contributed by atoms with E-state index >= 15 is 0 Å². The summed E-state index contributed by atoms with van der Waals surface area (Å²) in [6.07, 6.45) is 0.827. The molecule has 1 heterocycles. The van der Waals surface area contributed by atoms with E-state index in [-0.39, 0.29) is 18.3 Å². The highest BCUT2D eigenvalue weighted by Gasteiger charge is 2.18. The van der Waals surface area contributed by atoms with Crippen LogP contribution in [0.15, 0.2) is 11.2 Å². The molecule has 0 aromatic carbocycles. The summed E-state index contributed by atoms with van der Waals surface area (Å²) in [5, 5.41) is 11.5. The van der Waals surface area contributed by atoms with Gasteiger partial charge in [0, 0.05) is 11.4 Å². The maximum Gasteiger partial charge on any atom is 0.264 e. The van der Waals surface area contributed by atoms with E-state index in [4.69, 9.17) is 10.9 Å². The zero-order valence-electron chi connectivity index (χ0n) is 10.9. The monoisotopic (exact) mass is 269 g/mol. The van der Waals surface area contributed by atoms with Crippen LogP contribution >= 0.6 is 11.3 Å². The molecule has 1 rings (SSSR count). The van der Waals surface area contributed by atoms with Crippen molar-refractivity contribution in [3.8, 4) is 0 Å². The lowest BCUT2D eigenvalue weighted by Crippen LogP contribution is -2.38. The number of carbonyl (C=O) groups is 1. The van der Waals surface area contributed by atoms with Gasteiger partial charge in [0.05, 0.1) is 11.4 Å². The Morgan fingerprint density at radius 2 is 2.22 bits per heavy atom. The van der Waals surface area contributed by atoms with E-state index in [0.717, 1.165) is 16.9 Å². The molecule has 0 aliphatic rings. The van der Waals surface area contributed by atoms with E-state index in [0.29, 0.717) is 11.4 Å². The Balaban J connectivity index is 2.88. The fraction of sp³-hybridized carbons (Fsp3) is 0.500. The van der Waals surface area contributed by atoms with Crippen molar-refractivity contribution in [3.63, 3.8) is 0 Å². The number of thiophene rings is 1. The average Bonchev–Trinajstić information content (AvgIpc) is 2.68. The highest BCUT2D eigenvalue weighted by atomic mass is 32.1. The Labute approximate surface area is 111 Å². The third-order valence-corrected chi connectivity index (χ3v) is 3.78. The van der Waals surface area contributed by atoms with Crippen LogP contribution in [0.1, 0.15) is 33.5 Å². The number of oxime groups is 1. The normalized spacial score (nSPS) is 11.6. The molecule has 0 spiro atoms. The third-order valence-electron chi connectivity index (χ3n) is 2.64. The number of rotatable bonds is 5. The minimum absolute atomic E-state index is 0.0433. The quantitative estimate of drug-likeness (QED) is 0.371. The molecule has 0 unspecified atom stereocenters. The summed E-state index contributed by atoms with van der Waals surface area (Å²) in [5.74, 6) is -0.0218. The second-order valence-corrected chi connectivity index (χ2v) is 5.42. The first-order valence-corrected chi connectivity index (χ1v) is 6.64. The molecular weight excluding hydrogens is 250 g/mol. The first-order valence-electron chi connectivity index (χ1n) is 5.82. The predicted octanol–water partition coefficient (Wildman–Crippen LogP) is 1.96. The molecule has 3 N–H and O–H groups in total. The summed E-state index contributed by atoms with van der Waals surface area (Å²) in [6, 6.07) is 1.89. The second kappa shape index (κ2) is 6.39. The fourth-order valence-corrected chi connectivity index (χ4v) is 2.59. The Morgan fingerprint density at radius 1 is 1.56 bits per heavy atom. The highest BCUT2D eigenvalue weighted by molar-refractivity contribution is 7.14. The zero-order chi connectivity index (χ0) is 13.7. The second-order valence-electron chi connectivity index (χ2n) is 4.17. The summed E-state index contributed by atoms with van der Waals surface area (Å²) in [5.41, 5.74) is 6.58. The van der Waals surface area contributed by atoms with Crippen LogP contribution in [0.4, 0.5) is 0 Å². The van der Waals surface area contributed by atoms with Crippen molar-refractivity contribution >= 4 is 23.1 Å². The zero-order valence-corrected chi connectivity index (χ0v) is 11.8. The van der Waals surface area contributed by atoms with E-state index in [1.54, 1.807) is 4.90 Å². The van der Waals surface area contributed by atoms with Gasteiger partial charge in [-0.1, -0.05) is 12.1 Å². The van der Waals surface area contributed by atoms with Crippen LogP contribution in [0.2, 0.25) is 0 Å². The van der Waals surface area contributed by atoms with Gasteiger partial charge in [-0.25, -0.2) is 0 Å². The third kappa shape index (κ3) is 3.46. The molecule has 0 bridgehead atoms. The van der Waals surface area contributed by atoms with Crippen LogP contribution in [-0.4, -0.2) is 34.9 Å². The van der Waals surface area contributed by atoms with E-state index in [1.807, 2.05) is 26.8 Å². The van der Waals surface area contributed by atoms with Crippen molar-refractivity contribution in [1.29, 1.82) is 0 Å². The van der Waals surface area contributed by atoms with Gasteiger partial charge >= 0.3 is 0 Å². The van der Waals surface area contributed by atoms with Gasteiger partial charge < -0.3 is 15.8 Å². The number of hydrogen-bond donors (Lipinski definition) is 2. The van der Waals surface area contributed by atoms with Gasteiger partial charge in [-0.3, -0.25) is 4.79 Å². The van der Waals surface area contributed by atoms with Crippen molar-refractivity contribution in [3.05, 3.63) is 21.4 Å². The van der Waals surface area contributed by atoms with Crippen LogP contribution in [0.3, 0.4) is 0 Å². The number of nitrogens with two attached hydrogens (primary N) is 1. The number of aryl methyl sites for hydroxylation is 2. The fourth-order valence-electron chi connectivity index (χ4n) is 1.58. The molecule has 1 aromatic heterocycles. The summed E-state index contributed by atoms with van der Waals surface area (Å²) in [6.45, 7) is 6.70. The van der Waals surface area contributed by atoms with Gasteiger partial charge in [0.15, 0.2) is 5.84 Å². The van der Waals surface area contributed by atoms with E-state index < -0.39 is 0 Å². The maximum atomic E-state index is 12.3. The molecular formula is C12H19N3O2S. The van der Waals surface area contributed by atoms with E-state index in [9.17, 15) is 4.79 Å². The molecule has 5 nitrogen and oxygen atoms in total. The minimum atomic E-state index is -0.0651. The lowest BCUT2D eigenvalue weighted by molar-refractivity contribution is 0.0783. The van der Waals surface area contributed by atoms with Crippen LogP contribution < -0.4 is 5.73 Å². The molecule has 0 aliphatic heterocycles. The largest absolute Gasteiger partial charge is 0.409 e. The molecule has 0 aliphatic carbocycles. The van der Waals surface area contributed by atoms with Gasteiger partial charge in [0.2, 0.25) is 0 Å². The summed E-state index contributed by atoms with van der Waals surface area (Å²) < 4.78 is 0.